The van der Waals surface area contributed by atoms with Gasteiger partial charge < -0.3 is 33.9 Å². The Balaban J connectivity index is 1.30. The first-order valence-corrected chi connectivity index (χ1v) is 19.0. The summed E-state index contributed by atoms with van der Waals surface area (Å²) >= 11 is -1.26. The monoisotopic (exact) mass is 712 g/mol. The van der Waals surface area contributed by atoms with E-state index in [1.165, 1.54) is 0 Å². The molecular weight excluding hydrogens is 665 g/mol. The predicted molar refractivity (Wildman–Crippen MR) is 203 cm³/mol. The maximum absolute atomic E-state index is 13.6. The summed E-state index contributed by atoms with van der Waals surface area (Å²) in [5, 5.41) is 12.6. The Bertz CT molecular complexity index is 1790. The Morgan fingerprint density at radius 1 is 0.980 bits per heavy atom. The smallest absolute Gasteiger partial charge is 0.323 e. The number of anilines is 2. The molecule has 0 unspecified atom stereocenters. The molecule has 3 aromatic carbocycles. The number of aryl methyl sites for hydroxylation is 1. The summed E-state index contributed by atoms with van der Waals surface area (Å²) in [7, 11) is 0. The van der Waals surface area contributed by atoms with Crippen molar-refractivity contribution in [2.75, 3.05) is 43.1 Å². The zero-order chi connectivity index (χ0) is 36.2. The number of carboxylic acids is 1. The molecule has 1 aliphatic heterocycles. The Kier molecular flexibility index (Phi) is 13.7. The van der Waals surface area contributed by atoms with Crippen molar-refractivity contribution in [2.45, 2.75) is 70.1 Å². The number of aromatic nitrogens is 2. The third-order valence-electron chi connectivity index (χ3n) is 8.76. The number of nitrogens with one attached hydrogen (secondary N) is 1. The van der Waals surface area contributed by atoms with Crippen LogP contribution in [0.5, 0.6) is 5.75 Å². The second-order valence-electron chi connectivity index (χ2n) is 12.6. The largest absolute Gasteiger partial charge is 0.611 e. The van der Waals surface area contributed by atoms with Crippen molar-refractivity contribution in [3.8, 4) is 16.9 Å². The Morgan fingerprint density at radius 2 is 1.75 bits per heavy atom. The number of unbranched alkanes of at least 4 members (excludes halogenated alkanes) is 1. The molecule has 0 saturated carbocycles. The Labute approximate surface area is 303 Å². The molecule has 2 heterocycles. The number of aliphatic carboxylic acids is 1. The number of carboxylic acid groups (broad SMARTS) is 1. The lowest BCUT2D eigenvalue weighted by molar-refractivity contribution is -0.135. The molecule has 1 aromatic heterocycles. The van der Waals surface area contributed by atoms with Gasteiger partial charge in [-0.2, -0.15) is 0 Å². The van der Waals surface area contributed by atoms with Crippen molar-refractivity contribution in [1.82, 2.24) is 9.55 Å². The molecule has 0 bridgehead atoms. The van der Waals surface area contributed by atoms with Crippen LogP contribution in [0.25, 0.3) is 17.2 Å². The van der Waals surface area contributed by atoms with E-state index >= 15 is 0 Å². The van der Waals surface area contributed by atoms with Crippen molar-refractivity contribution < 1.29 is 28.7 Å². The van der Waals surface area contributed by atoms with Gasteiger partial charge in [-0.05, 0) is 115 Å². The van der Waals surface area contributed by atoms with E-state index in [4.69, 9.17) is 9.47 Å². The van der Waals surface area contributed by atoms with Gasteiger partial charge in [0.2, 0.25) is 0 Å². The van der Waals surface area contributed by atoms with E-state index in [0.29, 0.717) is 54.5 Å². The van der Waals surface area contributed by atoms with Crippen molar-refractivity contribution in [1.29, 1.82) is 0 Å². The van der Waals surface area contributed by atoms with Crippen LogP contribution >= 0.6 is 0 Å². The molecule has 0 spiro atoms. The average molecular weight is 713 g/mol. The van der Waals surface area contributed by atoms with Crippen LogP contribution in [0.3, 0.4) is 0 Å². The lowest BCUT2D eigenvalue weighted by atomic mass is 9.96. The molecule has 1 aliphatic rings. The zero-order valence-electron chi connectivity index (χ0n) is 29.7. The van der Waals surface area contributed by atoms with Gasteiger partial charge in [0, 0.05) is 36.6 Å². The van der Waals surface area contributed by atoms with E-state index in [2.05, 4.69) is 28.7 Å². The van der Waals surface area contributed by atoms with E-state index < -0.39 is 17.1 Å². The lowest BCUT2D eigenvalue weighted by Gasteiger charge is -2.27. The molecule has 51 heavy (non-hydrogen) atoms. The Hall–Kier alpha value is -4.58. The van der Waals surface area contributed by atoms with Crippen LogP contribution in [0, 0.1) is 6.92 Å². The second-order valence-corrected chi connectivity index (χ2v) is 14.1. The number of benzene rings is 3. The molecule has 0 saturated heterocycles. The van der Waals surface area contributed by atoms with Gasteiger partial charge in [0.05, 0.1) is 18.5 Å². The lowest BCUT2D eigenvalue weighted by Crippen LogP contribution is -2.32. The summed E-state index contributed by atoms with van der Waals surface area (Å²) in [6.45, 7) is 9.15. The summed E-state index contributed by atoms with van der Waals surface area (Å²) in [6, 6.07) is 20.8. The number of fused-ring (bicyclic) bond motifs is 1. The normalized spacial score (nSPS) is 14.5. The third kappa shape index (κ3) is 10.5. The fourth-order valence-electron chi connectivity index (χ4n) is 6.07. The maximum Gasteiger partial charge on any atom is 0.323 e. The highest BCUT2D eigenvalue weighted by Crippen LogP contribution is 2.33. The number of carbonyl (C=O) groups excluding carboxylic acids is 1. The van der Waals surface area contributed by atoms with Gasteiger partial charge in [-0.1, -0.05) is 38.5 Å². The minimum Gasteiger partial charge on any atom is -0.611 e. The van der Waals surface area contributed by atoms with Crippen molar-refractivity contribution in [2.24, 2.45) is 0 Å². The molecule has 1 amide bonds. The van der Waals surface area contributed by atoms with Gasteiger partial charge in [-0.3, -0.25) is 9.59 Å². The molecule has 2 N–H and O–H groups in total. The van der Waals surface area contributed by atoms with Gasteiger partial charge in [0.25, 0.3) is 5.91 Å². The van der Waals surface area contributed by atoms with E-state index in [9.17, 15) is 19.2 Å². The molecule has 11 heteroatoms. The van der Waals surface area contributed by atoms with Crippen LogP contribution in [-0.4, -0.2) is 64.0 Å². The topological polar surface area (TPSA) is 129 Å². The molecule has 1 atom stereocenters. The first kappa shape index (κ1) is 37.7. The third-order valence-corrected chi connectivity index (χ3v) is 10.1. The number of ether oxygens (including phenoxy) is 2. The van der Waals surface area contributed by atoms with Crippen LogP contribution in [0.1, 0.15) is 63.0 Å². The molecule has 10 nitrogen and oxygen atoms in total. The number of imidazole rings is 1. The summed E-state index contributed by atoms with van der Waals surface area (Å²) < 4.78 is 26.7. The van der Waals surface area contributed by atoms with Crippen LogP contribution in [0.4, 0.5) is 11.4 Å². The summed E-state index contributed by atoms with van der Waals surface area (Å²) in [4.78, 5) is 32.3. The fourth-order valence-corrected chi connectivity index (χ4v) is 7.18. The summed E-state index contributed by atoms with van der Waals surface area (Å²) in [6.07, 6.45) is 7.86. The Morgan fingerprint density at radius 3 is 2.47 bits per heavy atom. The first-order chi connectivity index (χ1) is 24.7. The van der Waals surface area contributed by atoms with Crippen molar-refractivity contribution >= 4 is 40.5 Å². The second kappa shape index (κ2) is 18.6. The van der Waals surface area contributed by atoms with E-state index in [-0.39, 0.29) is 12.5 Å². The van der Waals surface area contributed by atoms with E-state index in [1.54, 1.807) is 30.5 Å². The standard InChI is InChI=1S/C40H48N4O6S/c1-4-6-21-49-22-23-50-36-14-9-30(10-15-36)31-11-18-38-33(24-31)25-32(8-7-20-43(38)27-39(45)46)40(47)42-34-12-16-37(17-13-34)51(48)28-35-26-41-29(3)44(35)19-5-2/h9-18,24-26H,4-8,19-23,27-28H2,1-3H3,(H,42,47)(H,45,46)/b32-25+/t51-/m0/s1. The van der Waals surface area contributed by atoms with Crippen molar-refractivity contribution in [3.05, 3.63) is 95.6 Å². The summed E-state index contributed by atoms with van der Waals surface area (Å²) in [5.41, 5.74) is 5.58. The highest BCUT2D eigenvalue weighted by atomic mass is 32.2. The number of hydrogen-bond acceptors (Lipinski definition) is 7. The molecule has 5 rings (SSSR count). The van der Waals surface area contributed by atoms with Gasteiger partial charge in [-0.15, -0.1) is 0 Å². The van der Waals surface area contributed by atoms with Gasteiger partial charge >= 0.3 is 5.97 Å². The highest BCUT2D eigenvalue weighted by Gasteiger charge is 2.21. The average Bonchev–Trinajstić information content (AvgIpc) is 3.46. The molecular formula is C40H48N4O6S. The minimum atomic E-state index is -1.26. The van der Waals surface area contributed by atoms with E-state index in [1.807, 2.05) is 60.4 Å². The quantitative estimate of drug-likeness (QED) is 0.0852. The van der Waals surface area contributed by atoms with Crippen LogP contribution in [0.15, 0.2) is 83.4 Å². The SMILES string of the molecule is CCCCOCCOc1ccc(-c2ccc3c(c2)/C=C(/C(=O)Nc2ccc([S@@+]([O-])Cc4cnc(C)n4CCC)cc2)CCCN3CC(=O)O)cc1. The predicted octanol–water partition coefficient (Wildman–Crippen LogP) is 7.48. The van der Waals surface area contributed by atoms with Gasteiger partial charge in [-0.25, -0.2) is 4.98 Å². The number of rotatable bonds is 17. The highest BCUT2D eigenvalue weighted by molar-refractivity contribution is 7.90. The first-order valence-electron chi connectivity index (χ1n) is 17.7. The minimum absolute atomic E-state index is 0.135. The molecule has 0 radical (unpaired) electrons. The molecule has 0 fully saturated rings. The zero-order valence-corrected chi connectivity index (χ0v) is 30.5. The number of nitrogens with zero attached hydrogens (tertiary/aromatic N) is 3. The van der Waals surface area contributed by atoms with Crippen LogP contribution < -0.4 is 15.0 Å². The van der Waals surface area contributed by atoms with Crippen molar-refractivity contribution in [3.63, 3.8) is 0 Å². The van der Waals surface area contributed by atoms with E-state index in [0.717, 1.165) is 72.1 Å². The van der Waals surface area contributed by atoms with Crippen LogP contribution in [0.2, 0.25) is 0 Å². The molecule has 0 aliphatic carbocycles. The molecule has 4 aromatic rings. The fraction of sp³-hybridized carbons (Fsp3) is 0.375. The maximum atomic E-state index is 13.6. The number of amides is 1. The van der Waals surface area contributed by atoms with Gasteiger partial charge in [0.15, 0.2) is 10.6 Å². The van der Waals surface area contributed by atoms with Crippen LogP contribution in [-0.2, 0) is 37.8 Å². The van der Waals surface area contributed by atoms with Gasteiger partial charge in [0.1, 0.15) is 24.7 Å². The number of hydrogen-bond donors (Lipinski definition) is 2. The number of carbonyl (C=O) groups is 2. The summed E-state index contributed by atoms with van der Waals surface area (Å²) in [5.74, 6) is 0.894. The molecule has 270 valence electrons.